The number of carbonyl (C=O) groups excluding carboxylic acids is 3. The number of nitrogens with zero attached hydrogens (tertiary/aromatic N) is 3. The Balaban J connectivity index is 1.64. The lowest BCUT2D eigenvalue weighted by Crippen LogP contribution is -2.38. The predicted molar refractivity (Wildman–Crippen MR) is 107 cm³/mol. The second-order valence-corrected chi connectivity index (χ2v) is 8.24. The molecule has 4 rings (SSSR count). The van der Waals surface area contributed by atoms with Gasteiger partial charge < -0.3 is 23.9 Å². The molecule has 0 N–H and O–H groups in total. The molecule has 0 atom stereocenters. The summed E-state index contributed by atoms with van der Waals surface area (Å²) in [6, 6.07) is 3.39. The van der Waals surface area contributed by atoms with Crippen LogP contribution in [-0.2, 0) is 29.1 Å². The van der Waals surface area contributed by atoms with E-state index in [0.717, 1.165) is 10.4 Å². The fourth-order valence-corrected chi connectivity index (χ4v) is 5.26. The number of rotatable bonds is 4. The van der Waals surface area contributed by atoms with E-state index in [0.29, 0.717) is 49.0 Å². The standard InChI is InChI=1S/C20H23N3O5S/c1-4-23-16(24)10-21(2)19(26)17-13-7-8-22(9-15(13)29-20(17)23)18(25)14-6-5-12(28-14)11-27-3/h5-6H,4,7-11H2,1-3H3. The summed E-state index contributed by atoms with van der Waals surface area (Å²) >= 11 is 1.44. The van der Waals surface area contributed by atoms with Crippen molar-refractivity contribution in [3.63, 3.8) is 0 Å². The number of hydrogen-bond donors (Lipinski definition) is 0. The number of anilines is 1. The fraction of sp³-hybridized carbons (Fsp3) is 0.450. The SMILES string of the molecule is CCN1C(=O)CN(C)C(=O)c2c1sc1c2CCN(C(=O)c2ccc(COC)o2)C1. The van der Waals surface area contributed by atoms with Crippen LogP contribution in [0.25, 0.3) is 0 Å². The Morgan fingerprint density at radius 2 is 2.07 bits per heavy atom. The normalized spacial score (nSPS) is 16.7. The molecule has 0 saturated heterocycles. The Morgan fingerprint density at radius 3 is 2.79 bits per heavy atom. The van der Waals surface area contributed by atoms with E-state index >= 15 is 0 Å². The minimum atomic E-state index is -0.187. The van der Waals surface area contributed by atoms with Crippen molar-refractivity contribution in [3.05, 3.63) is 39.7 Å². The first-order chi connectivity index (χ1) is 13.9. The first kappa shape index (κ1) is 19.7. The number of fused-ring (bicyclic) bond motifs is 3. The lowest BCUT2D eigenvalue weighted by atomic mass is 10.0. The monoisotopic (exact) mass is 417 g/mol. The van der Waals surface area contributed by atoms with Crippen LogP contribution < -0.4 is 4.90 Å². The number of thiophene rings is 1. The molecular formula is C20H23N3O5S. The summed E-state index contributed by atoms with van der Waals surface area (Å²) in [6.45, 7) is 3.69. The second-order valence-electron chi connectivity index (χ2n) is 7.16. The Morgan fingerprint density at radius 1 is 1.28 bits per heavy atom. The number of furan rings is 1. The molecule has 3 amide bonds. The van der Waals surface area contributed by atoms with Crippen LogP contribution in [0, 0.1) is 0 Å². The van der Waals surface area contributed by atoms with Crippen molar-refractivity contribution in [2.24, 2.45) is 0 Å². The van der Waals surface area contributed by atoms with Crippen molar-refractivity contribution in [3.8, 4) is 0 Å². The molecule has 0 bridgehead atoms. The van der Waals surface area contributed by atoms with E-state index in [1.54, 1.807) is 36.1 Å². The molecule has 9 heteroatoms. The lowest BCUT2D eigenvalue weighted by molar-refractivity contribution is -0.118. The lowest BCUT2D eigenvalue weighted by Gasteiger charge is -2.26. The summed E-state index contributed by atoms with van der Waals surface area (Å²) in [4.78, 5) is 44.2. The number of likely N-dealkylation sites (N-methyl/N-ethyl adjacent to an activating group) is 2. The topological polar surface area (TPSA) is 83.3 Å². The van der Waals surface area contributed by atoms with Gasteiger partial charge in [0, 0.05) is 32.1 Å². The highest BCUT2D eigenvalue weighted by Crippen LogP contribution is 2.41. The van der Waals surface area contributed by atoms with Gasteiger partial charge in [0.05, 0.1) is 12.1 Å². The number of carbonyl (C=O) groups is 3. The number of methoxy groups -OCH3 is 1. The average molecular weight is 417 g/mol. The minimum Gasteiger partial charge on any atom is -0.453 e. The van der Waals surface area contributed by atoms with E-state index in [2.05, 4.69) is 0 Å². The van der Waals surface area contributed by atoms with Gasteiger partial charge in [-0.1, -0.05) is 0 Å². The Kier molecular flexibility index (Phi) is 5.18. The maximum absolute atomic E-state index is 12.9. The van der Waals surface area contributed by atoms with Gasteiger partial charge in [0.15, 0.2) is 5.76 Å². The van der Waals surface area contributed by atoms with Crippen LogP contribution in [0.3, 0.4) is 0 Å². The molecule has 2 aliphatic rings. The Hall–Kier alpha value is -2.65. The molecule has 154 valence electrons. The molecular weight excluding hydrogens is 394 g/mol. The zero-order chi connectivity index (χ0) is 20.7. The van der Waals surface area contributed by atoms with E-state index in [4.69, 9.17) is 9.15 Å². The van der Waals surface area contributed by atoms with Crippen LogP contribution in [0.15, 0.2) is 16.5 Å². The van der Waals surface area contributed by atoms with Crippen LogP contribution in [-0.4, -0.2) is 61.3 Å². The van der Waals surface area contributed by atoms with Gasteiger partial charge >= 0.3 is 0 Å². The number of amides is 3. The van der Waals surface area contributed by atoms with E-state index in [1.807, 2.05) is 6.92 Å². The zero-order valence-electron chi connectivity index (χ0n) is 16.7. The highest BCUT2D eigenvalue weighted by molar-refractivity contribution is 7.17. The highest BCUT2D eigenvalue weighted by Gasteiger charge is 2.37. The summed E-state index contributed by atoms with van der Waals surface area (Å²) < 4.78 is 10.6. The molecule has 4 heterocycles. The van der Waals surface area contributed by atoms with E-state index in [-0.39, 0.29) is 30.0 Å². The van der Waals surface area contributed by atoms with E-state index in [1.165, 1.54) is 16.2 Å². The van der Waals surface area contributed by atoms with Gasteiger partial charge in [-0.2, -0.15) is 0 Å². The van der Waals surface area contributed by atoms with Crippen molar-refractivity contribution in [2.75, 3.05) is 38.7 Å². The maximum atomic E-state index is 12.9. The molecule has 0 spiro atoms. The van der Waals surface area contributed by atoms with Crippen LogP contribution in [0.2, 0.25) is 0 Å². The van der Waals surface area contributed by atoms with Crippen LogP contribution in [0.1, 0.15) is 44.0 Å². The third kappa shape index (κ3) is 3.34. The van der Waals surface area contributed by atoms with Crippen molar-refractivity contribution in [1.29, 1.82) is 0 Å². The number of ether oxygens (including phenoxy) is 1. The molecule has 0 fully saturated rings. The molecule has 2 aromatic rings. The van der Waals surface area contributed by atoms with Crippen LogP contribution in [0.4, 0.5) is 5.00 Å². The van der Waals surface area contributed by atoms with Gasteiger partial charge in [0.25, 0.3) is 11.8 Å². The first-order valence-electron chi connectivity index (χ1n) is 9.51. The molecule has 2 aliphatic heterocycles. The van der Waals surface area contributed by atoms with Crippen molar-refractivity contribution >= 4 is 34.1 Å². The van der Waals surface area contributed by atoms with Gasteiger partial charge in [0.2, 0.25) is 5.91 Å². The van der Waals surface area contributed by atoms with Gasteiger partial charge in [-0.15, -0.1) is 11.3 Å². The molecule has 8 nitrogen and oxygen atoms in total. The van der Waals surface area contributed by atoms with Gasteiger partial charge in [-0.25, -0.2) is 0 Å². The third-order valence-corrected chi connectivity index (χ3v) is 6.52. The molecule has 0 aromatic carbocycles. The highest BCUT2D eigenvalue weighted by atomic mass is 32.1. The van der Waals surface area contributed by atoms with Crippen molar-refractivity contribution in [2.45, 2.75) is 26.5 Å². The molecule has 29 heavy (non-hydrogen) atoms. The molecule has 0 aliphatic carbocycles. The smallest absolute Gasteiger partial charge is 0.289 e. The van der Waals surface area contributed by atoms with Gasteiger partial charge in [-0.05, 0) is 31.0 Å². The van der Waals surface area contributed by atoms with E-state index < -0.39 is 0 Å². The molecule has 0 saturated carbocycles. The second kappa shape index (κ2) is 7.64. The fourth-order valence-electron chi connectivity index (χ4n) is 3.83. The Bertz CT molecular complexity index is 979. The zero-order valence-corrected chi connectivity index (χ0v) is 17.5. The Labute approximate surface area is 172 Å². The quantitative estimate of drug-likeness (QED) is 0.761. The summed E-state index contributed by atoms with van der Waals surface area (Å²) in [5.74, 6) is 0.474. The summed E-state index contributed by atoms with van der Waals surface area (Å²) in [6.07, 6.45) is 0.573. The first-order valence-corrected chi connectivity index (χ1v) is 10.3. The minimum absolute atomic E-state index is 0.0791. The van der Waals surface area contributed by atoms with Crippen LogP contribution >= 0.6 is 11.3 Å². The van der Waals surface area contributed by atoms with Gasteiger partial charge in [0.1, 0.15) is 23.9 Å². The van der Waals surface area contributed by atoms with Crippen LogP contribution in [0.5, 0.6) is 0 Å². The van der Waals surface area contributed by atoms with Gasteiger partial charge in [-0.3, -0.25) is 14.4 Å². The largest absolute Gasteiger partial charge is 0.453 e. The van der Waals surface area contributed by atoms with Crippen molar-refractivity contribution in [1.82, 2.24) is 9.80 Å². The molecule has 0 unspecified atom stereocenters. The molecule has 0 radical (unpaired) electrons. The molecule has 2 aromatic heterocycles. The average Bonchev–Trinajstić information content (AvgIpc) is 3.29. The third-order valence-electron chi connectivity index (χ3n) is 5.28. The predicted octanol–water partition coefficient (Wildman–Crippen LogP) is 2.12. The van der Waals surface area contributed by atoms with Crippen molar-refractivity contribution < 1.29 is 23.5 Å². The van der Waals surface area contributed by atoms with E-state index in [9.17, 15) is 14.4 Å². The number of hydrogen-bond acceptors (Lipinski definition) is 6. The summed E-state index contributed by atoms with van der Waals surface area (Å²) in [7, 11) is 3.22. The summed E-state index contributed by atoms with van der Waals surface area (Å²) in [5, 5.41) is 0.700. The maximum Gasteiger partial charge on any atom is 0.289 e. The summed E-state index contributed by atoms with van der Waals surface area (Å²) in [5.41, 5.74) is 1.58.